The fourth-order valence-corrected chi connectivity index (χ4v) is 4.34. The van der Waals surface area contributed by atoms with Gasteiger partial charge < -0.3 is 20.9 Å². The molecule has 1 unspecified atom stereocenters. The van der Waals surface area contributed by atoms with E-state index in [0.717, 1.165) is 18.7 Å². The minimum absolute atomic E-state index is 0.0291. The zero-order valence-corrected chi connectivity index (χ0v) is 18.3. The molecule has 0 saturated carbocycles. The summed E-state index contributed by atoms with van der Waals surface area (Å²) >= 11 is 12.4. The van der Waals surface area contributed by atoms with Crippen LogP contribution in [0, 0.1) is 5.82 Å². The first-order chi connectivity index (χ1) is 15.0. The lowest BCUT2D eigenvalue weighted by molar-refractivity contribution is -0.491. The first-order valence-corrected chi connectivity index (χ1v) is 10.9. The topological polar surface area (TPSA) is 76.5 Å². The molecule has 3 aliphatic rings. The average molecular weight is 467 g/mol. The smallest absolute Gasteiger partial charge is 0.297 e. The molecule has 0 aromatic heterocycles. The van der Waals surface area contributed by atoms with Crippen molar-refractivity contribution in [2.24, 2.45) is 0 Å². The SMILES string of the molecule is O=C1NC=C(Cc2ccc(F)c(C(=O)N3CCNCCNCC3)c2)[N+]2=C(Cl)C(Cl)=CC12. The number of fused-ring (bicyclic) bond motifs is 1. The zero-order chi connectivity index (χ0) is 22.0. The van der Waals surface area contributed by atoms with Gasteiger partial charge in [0.25, 0.3) is 23.0 Å². The maximum Gasteiger partial charge on any atom is 0.297 e. The summed E-state index contributed by atoms with van der Waals surface area (Å²) in [6, 6.07) is 3.87. The van der Waals surface area contributed by atoms with Crippen molar-refractivity contribution < 1.29 is 18.6 Å². The molecule has 10 heteroatoms. The van der Waals surface area contributed by atoms with Gasteiger partial charge in [-0.15, -0.1) is 0 Å². The number of carbonyl (C=O) groups is 2. The fraction of sp³-hybridized carbons (Fsp3) is 0.381. The molecule has 1 saturated heterocycles. The number of amides is 2. The van der Waals surface area contributed by atoms with E-state index >= 15 is 0 Å². The molecule has 0 spiro atoms. The first-order valence-electron chi connectivity index (χ1n) is 10.1. The Balaban J connectivity index is 1.57. The molecule has 1 aromatic carbocycles. The summed E-state index contributed by atoms with van der Waals surface area (Å²) in [6.07, 6.45) is 3.49. The highest BCUT2D eigenvalue weighted by Crippen LogP contribution is 2.26. The van der Waals surface area contributed by atoms with Crippen molar-refractivity contribution in [1.82, 2.24) is 20.9 Å². The molecule has 0 aliphatic carbocycles. The van der Waals surface area contributed by atoms with Crippen molar-refractivity contribution in [1.29, 1.82) is 0 Å². The molecule has 7 nitrogen and oxygen atoms in total. The number of hydrogen-bond acceptors (Lipinski definition) is 4. The van der Waals surface area contributed by atoms with Crippen LogP contribution in [0.5, 0.6) is 0 Å². The normalized spacial score (nSPS) is 22.1. The third-order valence-electron chi connectivity index (χ3n) is 5.48. The second-order valence-electron chi connectivity index (χ2n) is 7.55. The lowest BCUT2D eigenvalue weighted by Crippen LogP contribution is -2.43. The Hall–Kier alpha value is -2.26. The molecular formula is C21H23Cl2FN5O2+. The predicted octanol–water partition coefficient (Wildman–Crippen LogP) is 1.13. The highest BCUT2D eigenvalue weighted by atomic mass is 35.5. The third-order valence-corrected chi connectivity index (χ3v) is 6.27. The van der Waals surface area contributed by atoms with Gasteiger partial charge in [0.2, 0.25) is 5.70 Å². The van der Waals surface area contributed by atoms with E-state index in [-0.39, 0.29) is 22.5 Å². The Labute approximate surface area is 189 Å². The van der Waals surface area contributed by atoms with E-state index in [2.05, 4.69) is 16.0 Å². The molecule has 4 rings (SSSR count). The summed E-state index contributed by atoms with van der Waals surface area (Å²) in [7, 11) is 0. The molecule has 2 amide bonds. The van der Waals surface area contributed by atoms with Gasteiger partial charge in [0.05, 0.1) is 18.2 Å². The Morgan fingerprint density at radius 3 is 2.58 bits per heavy atom. The van der Waals surface area contributed by atoms with Crippen molar-refractivity contribution in [3.8, 4) is 0 Å². The molecule has 164 valence electrons. The highest BCUT2D eigenvalue weighted by molar-refractivity contribution is 6.75. The number of benzene rings is 1. The molecule has 3 aliphatic heterocycles. The van der Waals surface area contributed by atoms with Gasteiger partial charge in [-0.1, -0.05) is 17.7 Å². The first kappa shape index (κ1) is 22.0. The number of nitrogens with one attached hydrogen (secondary N) is 3. The lowest BCUT2D eigenvalue weighted by Gasteiger charge is -2.22. The molecular weight excluding hydrogens is 444 g/mol. The molecule has 0 radical (unpaired) electrons. The van der Waals surface area contributed by atoms with Gasteiger partial charge in [-0.3, -0.25) is 9.59 Å². The summed E-state index contributed by atoms with van der Waals surface area (Å²) in [4.78, 5) is 26.8. The molecule has 1 aromatic rings. The summed E-state index contributed by atoms with van der Waals surface area (Å²) in [5.74, 6) is -1.14. The Bertz CT molecular complexity index is 997. The van der Waals surface area contributed by atoms with E-state index in [0.29, 0.717) is 43.3 Å². The highest BCUT2D eigenvalue weighted by Gasteiger charge is 2.42. The predicted molar refractivity (Wildman–Crippen MR) is 117 cm³/mol. The van der Waals surface area contributed by atoms with Gasteiger partial charge in [-0.2, -0.15) is 4.58 Å². The standard InChI is InChI=1S/C21H22Cl2FN5O2/c22-16-11-18-20(30)27-12-14(29(18)19(16)23)9-13-1-2-17(24)15(10-13)21(31)28-7-5-25-3-4-26-6-8-28/h1-2,10-12,18,25-26H,3-9H2/p+1. The zero-order valence-electron chi connectivity index (χ0n) is 16.8. The lowest BCUT2D eigenvalue weighted by atomic mass is 10.0. The molecule has 1 fully saturated rings. The molecule has 3 heterocycles. The van der Waals surface area contributed by atoms with Gasteiger partial charge in [-0.25, -0.2) is 4.39 Å². The molecule has 31 heavy (non-hydrogen) atoms. The van der Waals surface area contributed by atoms with Crippen LogP contribution in [0.4, 0.5) is 4.39 Å². The minimum atomic E-state index is -0.619. The van der Waals surface area contributed by atoms with Crippen LogP contribution >= 0.6 is 23.2 Å². The van der Waals surface area contributed by atoms with Crippen LogP contribution in [0.1, 0.15) is 15.9 Å². The summed E-state index contributed by atoms with van der Waals surface area (Å²) in [6.45, 7) is 3.97. The van der Waals surface area contributed by atoms with Crippen LogP contribution in [-0.4, -0.2) is 71.8 Å². The van der Waals surface area contributed by atoms with Gasteiger partial charge in [0.15, 0.2) is 0 Å². The van der Waals surface area contributed by atoms with Gasteiger partial charge >= 0.3 is 0 Å². The van der Waals surface area contributed by atoms with E-state index in [1.165, 1.54) is 6.07 Å². The van der Waals surface area contributed by atoms with Crippen LogP contribution in [0.2, 0.25) is 0 Å². The monoisotopic (exact) mass is 466 g/mol. The minimum Gasteiger partial charge on any atom is -0.336 e. The number of hydrogen-bond donors (Lipinski definition) is 3. The van der Waals surface area contributed by atoms with E-state index in [1.54, 1.807) is 33.9 Å². The van der Waals surface area contributed by atoms with Gasteiger partial charge in [-0.05, 0) is 29.3 Å². The number of halogens is 3. The van der Waals surface area contributed by atoms with E-state index in [1.807, 2.05) is 0 Å². The van der Waals surface area contributed by atoms with Crippen molar-refractivity contribution in [2.45, 2.75) is 12.5 Å². The van der Waals surface area contributed by atoms with Crippen LogP contribution in [-0.2, 0) is 11.2 Å². The maximum absolute atomic E-state index is 14.6. The van der Waals surface area contributed by atoms with Crippen molar-refractivity contribution in [3.05, 3.63) is 58.1 Å². The molecule has 1 atom stereocenters. The van der Waals surface area contributed by atoms with Gasteiger partial charge in [0.1, 0.15) is 10.8 Å². The van der Waals surface area contributed by atoms with Crippen LogP contribution in [0.15, 0.2) is 41.2 Å². The molecule has 3 N–H and O–H groups in total. The largest absolute Gasteiger partial charge is 0.336 e. The average Bonchev–Trinajstić information content (AvgIpc) is 3.13. The van der Waals surface area contributed by atoms with E-state index in [9.17, 15) is 14.0 Å². The number of carbonyl (C=O) groups excluding carboxylic acids is 2. The summed E-state index contributed by atoms with van der Waals surface area (Å²) in [5.41, 5.74) is 1.45. The fourth-order valence-electron chi connectivity index (χ4n) is 3.86. The van der Waals surface area contributed by atoms with E-state index < -0.39 is 11.9 Å². The molecule has 0 bridgehead atoms. The second kappa shape index (κ2) is 9.48. The van der Waals surface area contributed by atoms with Crippen LogP contribution in [0.3, 0.4) is 0 Å². The Kier molecular flexibility index (Phi) is 6.71. The Morgan fingerprint density at radius 1 is 1.16 bits per heavy atom. The third kappa shape index (κ3) is 4.67. The Morgan fingerprint density at radius 2 is 1.87 bits per heavy atom. The van der Waals surface area contributed by atoms with Crippen LogP contribution < -0.4 is 16.0 Å². The number of nitrogens with zero attached hydrogens (tertiary/aromatic N) is 2. The quantitative estimate of drug-likeness (QED) is 0.583. The second-order valence-corrected chi connectivity index (χ2v) is 8.31. The van der Waals surface area contributed by atoms with Crippen molar-refractivity contribution in [3.63, 3.8) is 0 Å². The van der Waals surface area contributed by atoms with Gasteiger partial charge in [0, 0.05) is 45.3 Å². The van der Waals surface area contributed by atoms with E-state index in [4.69, 9.17) is 23.2 Å². The number of allylic oxidation sites excluding steroid dienone is 2. The summed E-state index contributed by atoms with van der Waals surface area (Å²) in [5, 5.41) is 9.77. The maximum atomic E-state index is 14.6. The van der Waals surface area contributed by atoms with Crippen molar-refractivity contribution >= 4 is 40.2 Å². The van der Waals surface area contributed by atoms with Crippen molar-refractivity contribution in [2.75, 3.05) is 39.3 Å². The summed E-state index contributed by atoms with van der Waals surface area (Å²) < 4.78 is 16.2. The number of rotatable bonds is 3. The van der Waals surface area contributed by atoms with Crippen LogP contribution in [0.25, 0.3) is 0 Å².